The van der Waals surface area contributed by atoms with E-state index in [0.29, 0.717) is 23.8 Å². The SMILES string of the molecule is CCOC(=O)c1cnn(-c2cccc(N)n2)c1. The topological polar surface area (TPSA) is 83.0 Å². The van der Waals surface area contributed by atoms with E-state index in [-0.39, 0.29) is 0 Å². The molecular formula is C11H12N4O2. The minimum absolute atomic E-state index is 0.334. The number of nitrogens with two attached hydrogens (primary N) is 1. The molecule has 0 spiro atoms. The van der Waals surface area contributed by atoms with E-state index in [1.54, 1.807) is 31.3 Å². The Morgan fingerprint density at radius 1 is 1.53 bits per heavy atom. The lowest BCUT2D eigenvalue weighted by Crippen LogP contribution is -2.03. The predicted octanol–water partition coefficient (Wildman–Crippen LogP) is 1.03. The Labute approximate surface area is 98.0 Å². The van der Waals surface area contributed by atoms with E-state index in [0.717, 1.165) is 0 Å². The van der Waals surface area contributed by atoms with Crippen molar-refractivity contribution in [3.05, 3.63) is 36.2 Å². The zero-order valence-electron chi connectivity index (χ0n) is 9.33. The third-order valence-corrected chi connectivity index (χ3v) is 2.08. The maximum Gasteiger partial charge on any atom is 0.341 e. The Hall–Kier alpha value is -2.37. The second-order valence-corrected chi connectivity index (χ2v) is 3.31. The van der Waals surface area contributed by atoms with E-state index >= 15 is 0 Å². The summed E-state index contributed by atoms with van der Waals surface area (Å²) in [5.74, 6) is 0.555. The van der Waals surface area contributed by atoms with Crippen LogP contribution in [0.25, 0.3) is 5.82 Å². The predicted molar refractivity (Wildman–Crippen MR) is 61.7 cm³/mol. The Morgan fingerprint density at radius 3 is 3.06 bits per heavy atom. The maximum atomic E-state index is 11.4. The number of hydrogen-bond acceptors (Lipinski definition) is 5. The fraction of sp³-hybridized carbons (Fsp3) is 0.182. The van der Waals surface area contributed by atoms with Gasteiger partial charge in [0.15, 0.2) is 5.82 Å². The molecule has 0 saturated carbocycles. The largest absolute Gasteiger partial charge is 0.462 e. The molecule has 0 atom stereocenters. The maximum absolute atomic E-state index is 11.4. The molecule has 2 N–H and O–H groups in total. The van der Waals surface area contributed by atoms with Crippen molar-refractivity contribution < 1.29 is 9.53 Å². The fourth-order valence-corrected chi connectivity index (χ4v) is 1.34. The van der Waals surface area contributed by atoms with Crippen LogP contribution < -0.4 is 5.73 Å². The van der Waals surface area contributed by atoms with Gasteiger partial charge in [-0.05, 0) is 19.1 Å². The van der Waals surface area contributed by atoms with Gasteiger partial charge in [-0.15, -0.1) is 0 Å². The number of ether oxygens (including phenoxy) is 1. The summed E-state index contributed by atoms with van der Waals surface area (Å²) in [5.41, 5.74) is 5.95. The highest BCUT2D eigenvalue weighted by molar-refractivity contribution is 5.88. The van der Waals surface area contributed by atoms with Gasteiger partial charge < -0.3 is 10.5 Å². The van der Waals surface area contributed by atoms with Gasteiger partial charge in [-0.25, -0.2) is 14.5 Å². The molecular weight excluding hydrogens is 220 g/mol. The summed E-state index contributed by atoms with van der Waals surface area (Å²) < 4.78 is 6.34. The molecule has 88 valence electrons. The van der Waals surface area contributed by atoms with Gasteiger partial charge in [0, 0.05) is 6.20 Å². The van der Waals surface area contributed by atoms with Crippen molar-refractivity contribution in [3.8, 4) is 5.82 Å². The van der Waals surface area contributed by atoms with Gasteiger partial charge in [0.1, 0.15) is 5.82 Å². The minimum Gasteiger partial charge on any atom is -0.462 e. The first kappa shape index (κ1) is 11.1. The molecule has 0 radical (unpaired) electrons. The lowest BCUT2D eigenvalue weighted by Gasteiger charge is -2.00. The molecule has 0 unspecified atom stereocenters. The number of hydrogen-bond donors (Lipinski definition) is 1. The number of anilines is 1. The first-order valence-electron chi connectivity index (χ1n) is 5.15. The van der Waals surface area contributed by atoms with Gasteiger partial charge in [-0.2, -0.15) is 5.10 Å². The van der Waals surface area contributed by atoms with Gasteiger partial charge in [0.25, 0.3) is 0 Å². The lowest BCUT2D eigenvalue weighted by atomic mass is 10.4. The van der Waals surface area contributed by atoms with Crippen LogP contribution >= 0.6 is 0 Å². The van der Waals surface area contributed by atoms with Crippen LogP contribution in [0, 0.1) is 0 Å². The number of pyridine rings is 1. The Bertz CT molecular complexity index is 536. The molecule has 2 rings (SSSR count). The molecule has 6 nitrogen and oxygen atoms in total. The summed E-state index contributed by atoms with van der Waals surface area (Å²) in [7, 11) is 0. The summed E-state index contributed by atoms with van der Waals surface area (Å²) in [5, 5.41) is 4.03. The summed E-state index contributed by atoms with van der Waals surface area (Å²) in [4.78, 5) is 15.5. The molecule has 0 amide bonds. The van der Waals surface area contributed by atoms with Gasteiger partial charge in [0.2, 0.25) is 0 Å². The van der Waals surface area contributed by atoms with Crippen LogP contribution in [0.15, 0.2) is 30.6 Å². The van der Waals surface area contributed by atoms with Crippen molar-refractivity contribution in [2.24, 2.45) is 0 Å². The molecule has 2 aromatic heterocycles. The molecule has 0 bridgehead atoms. The molecule has 17 heavy (non-hydrogen) atoms. The smallest absolute Gasteiger partial charge is 0.341 e. The summed E-state index contributed by atoms with van der Waals surface area (Å²) in [6.07, 6.45) is 2.99. The normalized spacial score (nSPS) is 10.2. The Kier molecular flexibility index (Phi) is 3.04. The van der Waals surface area contributed by atoms with Crippen LogP contribution in [0.1, 0.15) is 17.3 Å². The summed E-state index contributed by atoms with van der Waals surface area (Å²) in [6, 6.07) is 5.20. The molecule has 0 aliphatic carbocycles. The third kappa shape index (κ3) is 2.41. The van der Waals surface area contributed by atoms with Gasteiger partial charge in [-0.1, -0.05) is 6.07 Å². The number of nitrogen functional groups attached to an aromatic ring is 1. The number of carbonyl (C=O) groups is 1. The van der Waals surface area contributed by atoms with Crippen molar-refractivity contribution in [1.29, 1.82) is 0 Å². The van der Waals surface area contributed by atoms with Crippen LogP contribution in [0.2, 0.25) is 0 Å². The van der Waals surface area contributed by atoms with Crippen LogP contribution in [-0.4, -0.2) is 27.3 Å². The van der Waals surface area contributed by atoms with Crippen molar-refractivity contribution in [3.63, 3.8) is 0 Å². The van der Waals surface area contributed by atoms with Crippen molar-refractivity contribution >= 4 is 11.8 Å². The second kappa shape index (κ2) is 4.65. The summed E-state index contributed by atoms with van der Waals surface area (Å²) >= 11 is 0. The lowest BCUT2D eigenvalue weighted by molar-refractivity contribution is 0.0526. The van der Waals surface area contributed by atoms with Crippen molar-refractivity contribution in [2.75, 3.05) is 12.3 Å². The number of esters is 1. The van der Waals surface area contributed by atoms with E-state index in [1.807, 2.05) is 0 Å². The van der Waals surface area contributed by atoms with Crippen LogP contribution in [0.3, 0.4) is 0 Å². The first-order valence-corrected chi connectivity index (χ1v) is 5.15. The monoisotopic (exact) mass is 232 g/mol. The molecule has 2 heterocycles. The minimum atomic E-state index is -0.400. The quantitative estimate of drug-likeness (QED) is 0.799. The molecule has 6 heteroatoms. The van der Waals surface area contributed by atoms with E-state index in [1.165, 1.54) is 10.9 Å². The van der Waals surface area contributed by atoms with Crippen LogP contribution in [-0.2, 0) is 4.74 Å². The van der Waals surface area contributed by atoms with E-state index in [9.17, 15) is 4.79 Å². The van der Waals surface area contributed by atoms with Crippen molar-refractivity contribution in [1.82, 2.24) is 14.8 Å². The average Bonchev–Trinajstić information content (AvgIpc) is 2.78. The average molecular weight is 232 g/mol. The van der Waals surface area contributed by atoms with Crippen molar-refractivity contribution in [2.45, 2.75) is 6.92 Å². The fourth-order valence-electron chi connectivity index (χ4n) is 1.34. The van der Waals surface area contributed by atoms with Crippen LogP contribution in [0.4, 0.5) is 5.82 Å². The third-order valence-electron chi connectivity index (χ3n) is 2.08. The van der Waals surface area contributed by atoms with Gasteiger partial charge in [0.05, 0.1) is 18.4 Å². The zero-order valence-corrected chi connectivity index (χ0v) is 9.33. The molecule has 0 fully saturated rings. The highest BCUT2D eigenvalue weighted by Crippen LogP contribution is 2.08. The standard InChI is InChI=1S/C11H12N4O2/c1-2-17-11(16)8-6-13-15(7-8)10-5-3-4-9(12)14-10/h3-7H,2H2,1H3,(H2,12,14). The highest BCUT2D eigenvalue weighted by Gasteiger charge is 2.10. The first-order chi connectivity index (χ1) is 8.20. The number of aromatic nitrogens is 3. The molecule has 0 aromatic carbocycles. The Morgan fingerprint density at radius 2 is 2.35 bits per heavy atom. The molecule has 0 saturated heterocycles. The number of rotatable bonds is 3. The zero-order chi connectivity index (χ0) is 12.3. The number of nitrogens with zero attached hydrogens (tertiary/aromatic N) is 3. The van der Waals surface area contributed by atoms with Gasteiger partial charge in [-0.3, -0.25) is 0 Å². The molecule has 2 aromatic rings. The van der Waals surface area contributed by atoms with E-state index in [2.05, 4.69) is 10.1 Å². The van der Waals surface area contributed by atoms with Crippen LogP contribution in [0.5, 0.6) is 0 Å². The Balaban J connectivity index is 2.27. The number of carbonyl (C=O) groups excluding carboxylic acids is 1. The highest BCUT2D eigenvalue weighted by atomic mass is 16.5. The molecule has 0 aliphatic heterocycles. The van der Waals surface area contributed by atoms with E-state index < -0.39 is 5.97 Å². The van der Waals surface area contributed by atoms with E-state index in [4.69, 9.17) is 10.5 Å². The molecule has 0 aliphatic rings. The second-order valence-electron chi connectivity index (χ2n) is 3.31. The van der Waals surface area contributed by atoms with Gasteiger partial charge >= 0.3 is 5.97 Å². The summed E-state index contributed by atoms with van der Waals surface area (Å²) in [6.45, 7) is 2.09.